The van der Waals surface area contributed by atoms with Crippen molar-refractivity contribution in [3.63, 3.8) is 0 Å². The van der Waals surface area contributed by atoms with Crippen molar-refractivity contribution < 1.29 is 19.1 Å². The number of halogens is 1. The number of nitrogens with one attached hydrogen (secondary N) is 1. The van der Waals surface area contributed by atoms with Gasteiger partial charge in [-0.25, -0.2) is 9.97 Å². The van der Waals surface area contributed by atoms with Crippen molar-refractivity contribution in [1.82, 2.24) is 20.4 Å². The van der Waals surface area contributed by atoms with Crippen LogP contribution in [0, 0.1) is 20.8 Å². The van der Waals surface area contributed by atoms with E-state index in [2.05, 4.69) is 29.3 Å². The average molecular weight is 530 g/mol. The van der Waals surface area contributed by atoms with Crippen LogP contribution in [-0.2, 0) is 4.74 Å². The molecule has 0 unspecified atom stereocenters. The van der Waals surface area contributed by atoms with E-state index in [0.717, 1.165) is 41.2 Å². The van der Waals surface area contributed by atoms with Crippen LogP contribution in [0.5, 0.6) is 5.75 Å². The molecule has 200 valence electrons. The number of aliphatic hydroxyl groups excluding tert-OH is 1. The molecule has 1 aliphatic carbocycles. The molecule has 0 amide bonds. The molecular formula is C27H36ClN5O4. The number of aliphatic hydroxyl groups is 1. The molecule has 3 aromatic rings. The molecule has 1 aromatic carbocycles. The van der Waals surface area contributed by atoms with E-state index in [0.29, 0.717) is 34.5 Å². The zero-order valence-corrected chi connectivity index (χ0v) is 23.3. The number of likely N-dealkylation sites (N-methyl/N-ethyl adjacent to an activating group) is 1. The number of benzene rings is 1. The normalized spacial score (nSPS) is 20.0. The van der Waals surface area contributed by atoms with Crippen molar-refractivity contribution in [2.45, 2.75) is 58.3 Å². The summed E-state index contributed by atoms with van der Waals surface area (Å²) >= 11 is 6.66. The molecule has 1 aliphatic rings. The maximum atomic E-state index is 10.0. The van der Waals surface area contributed by atoms with E-state index in [9.17, 15) is 5.11 Å². The Morgan fingerprint density at radius 2 is 2.00 bits per heavy atom. The molecule has 0 spiro atoms. The van der Waals surface area contributed by atoms with Crippen molar-refractivity contribution in [3.8, 4) is 28.4 Å². The van der Waals surface area contributed by atoms with Gasteiger partial charge in [-0.15, -0.1) is 0 Å². The molecular weight excluding hydrogens is 494 g/mol. The van der Waals surface area contributed by atoms with Crippen molar-refractivity contribution >= 4 is 17.4 Å². The summed E-state index contributed by atoms with van der Waals surface area (Å²) in [7, 11) is 5.60. The first-order valence-corrected chi connectivity index (χ1v) is 12.8. The van der Waals surface area contributed by atoms with Crippen LogP contribution in [0.15, 0.2) is 22.7 Å². The molecule has 0 bridgehead atoms. The topological polar surface area (TPSA) is 106 Å². The van der Waals surface area contributed by atoms with Gasteiger partial charge in [0.1, 0.15) is 30.0 Å². The van der Waals surface area contributed by atoms with Crippen molar-refractivity contribution in [2.75, 3.05) is 39.3 Å². The number of hydrogen-bond donors (Lipinski definition) is 2. The summed E-state index contributed by atoms with van der Waals surface area (Å²) in [5, 5.41) is 17.6. The molecule has 0 radical (unpaired) electrons. The summed E-state index contributed by atoms with van der Waals surface area (Å²) in [6.45, 7) is 8.52. The smallest absolute Gasteiger partial charge is 0.163 e. The van der Waals surface area contributed by atoms with Crippen LogP contribution in [0.3, 0.4) is 0 Å². The van der Waals surface area contributed by atoms with Gasteiger partial charge in [-0.1, -0.05) is 16.8 Å². The van der Waals surface area contributed by atoms with Gasteiger partial charge in [0.25, 0.3) is 0 Å². The minimum atomic E-state index is -0.633. The minimum Gasteiger partial charge on any atom is -0.491 e. The lowest BCUT2D eigenvalue weighted by Gasteiger charge is -2.48. The summed E-state index contributed by atoms with van der Waals surface area (Å²) in [6.07, 6.45) is 1.17. The monoisotopic (exact) mass is 529 g/mol. The highest BCUT2D eigenvalue weighted by Gasteiger charge is 2.43. The van der Waals surface area contributed by atoms with Gasteiger partial charge in [0.15, 0.2) is 5.82 Å². The fourth-order valence-corrected chi connectivity index (χ4v) is 5.04. The first-order valence-electron chi connectivity index (χ1n) is 12.4. The maximum Gasteiger partial charge on any atom is 0.163 e. The summed E-state index contributed by atoms with van der Waals surface area (Å²) in [5.41, 5.74) is 3.82. The standard InChI is InChI=1S/C27H36ClN5O4/c1-15-24(23-16(2)32-37-17(23)3)30-25(31-26(15)33(6)18-11-27(4,12-18)35-7)21-10-20(8-9-22(21)28)36-14-19(34)13-29-5/h8-10,18-19,29,34H,11-14H2,1-7H3/t18-,19-,27+/m0/s1. The molecule has 10 heteroatoms. The SMILES string of the molecule is CNC[C@H](O)COc1ccc(Cl)c(-c2nc(-c3c(C)noc3C)c(C)c(N(C)[C@H]3C[C@@](C)(OC)C3)n2)c1. The second-order valence-electron chi connectivity index (χ2n) is 10.0. The Bertz CT molecular complexity index is 1240. The number of hydrogen-bond acceptors (Lipinski definition) is 9. The van der Waals surface area contributed by atoms with Crippen LogP contribution in [0.2, 0.25) is 5.02 Å². The number of aryl methyl sites for hydroxylation is 2. The van der Waals surface area contributed by atoms with Crippen molar-refractivity contribution in [3.05, 3.63) is 40.2 Å². The molecule has 2 heterocycles. The van der Waals surface area contributed by atoms with Crippen molar-refractivity contribution in [2.24, 2.45) is 0 Å². The van der Waals surface area contributed by atoms with E-state index in [4.69, 9.17) is 35.6 Å². The average Bonchev–Trinajstić information content (AvgIpc) is 3.19. The summed E-state index contributed by atoms with van der Waals surface area (Å²) < 4.78 is 17.0. The molecule has 1 atom stereocenters. The van der Waals surface area contributed by atoms with Gasteiger partial charge >= 0.3 is 0 Å². The number of methoxy groups -OCH3 is 1. The van der Waals surface area contributed by atoms with E-state index in [-0.39, 0.29) is 18.2 Å². The lowest BCUT2D eigenvalue weighted by molar-refractivity contribution is -0.0676. The van der Waals surface area contributed by atoms with Crippen molar-refractivity contribution in [1.29, 1.82) is 0 Å². The van der Waals surface area contributed by atoms with E-state index >= 15 is 0 Å². The Morgan fingerprint density at radius 3 is 2.62 bits per heavy atom. The minimum absolute atomic E-state index is 0.125. The third kappa shape index (κ3) is 5.60. The van der Waals surface area contributed by atoms with E-state index in [1.165, 1.54) is 0 Å². The summed E-state index contributed by atoms with van der Waals surface area (Å²) in [6, 6.07) is 5.62. The molecule has 4 rings (SSSR count). The van der Waals surface area contributed by atoms with Gasteiger partial charge in [0, 0.05) is 37.9 Å². The fraction of sp³-hybridized carbons (Fsp3) is 0.519. The molecule has 1 saturated carbocycles. The largest absolute Gasteiger partial charge is 0.491 e. The Hall–Kier alpha value is -2.72. The number of rotatable bonds is 10. The second kappa shape index (κ2) is 10.9. The highest BCUT2D eigenvalue weighted by atomic mass is 35.5. The Morgan fingerprint density at radius 1 is 1.27 bits per heavy atom. The molecule has 0 saturated heterocycles. The molecule has 37 heavy (non-hydrogen) atoms. The quantitative estimate of drug-likeness (QED) is 0.396. The molecule has 2 aromatic heterocycles. The number of ether oxygens (including phenoxy) is 2. The van der Waals surface area contributed by atoms with Crippen LogP contribution in [0.25, 0.3) is 22.6 Å². The van der Waals surface area contributed by atoms with Crippen LogP contribution < -0.4 is 15.0 Å². The van der Waals surface area contributed by atoms with Gasteiger partial charge in [-0.05, 0) is 65.8 Å². The highest BCUT2D eigenvalue weighted by Crippen LogP contribution is 2.42. The Balaban J connectivity index is 1.78. The third-order valence-electron chi connectivity index (χ3n) is 7.16. The van der Waals surface area contributed by atoms with Gasteiger partial charge < -0.3 is 29.3 Å². The van der Waals surface area contributed by atoms with Crippen LogP contribution in [-0.4, -0.2) is 72.3 Å². The van der Waals surface area contributed by atoms with Gasteiger partial charge in [0.2, 0.25) is 0 Å². The van der Waals surface area contributed by atoms with E-state index < -0.39 is 6.10 Å². The molecule has 2 N–H and O–H groups in total. The number of aromatic nitrogens is 3. The lowest BCUT2D eigenvalue weighted by atomic mass is 9.76. The number of anilines is 1. The first-order chi connectivity index (χ1) is 17.6. The summed E-state index contributed by atoms with van der Waals surface area (Å²) in [4.78, 5) is 12.2. The predicted molar refractivity (Wildman–Crippen MR) is 144 cm³/mol. The van der Waals surface area contributed by atoms with Crippen LogP contribution in [0.4, 0.5) is 5.82 Å². The van der Waals surface area contributed by atoms with Gasteiger partial charge in [-0.3, -0.25) is 0 Å². The van der Waals surface area contributed by atoms with E-state index in [1.54, 1.807) is 26.3 Å². The van der Waals surface area contributed by atoms with Gasteiger partial charge in [-0.2, -0.15) is 0 Å². The maximum absolute atomic E-state index is 10.0. The predicted octanol–water partition coefficient (Wildman–Crippen LogP) is 4.34. The van der Waals surface area contributed by atoms with Gasteiger partial charge in [0.05, 0.1) is 27.6 Å². The number of nitrogens with zero attached hydrogens (tertiary/aromatic N) is 4. The molecule has 0 aliphatic heterocycles. The second-order valence-corrected chi connectivity index (χ2v) is 10.4. The van der Waals surface area contributed by atoms with E-state index in [1.807, 2.05) is 26.8 Å². The lowest BCUT2D eigenvalue weighted by Crippen LogP contribution is -2.54. The van der Waals surface area contributed by atoms with Crippen LogP contribution in [0.1, 0.15) is 36.8 Å². The Labute approximate surface area is 223 Å². The third-order valence-corrected chi connectivity index (χ3v) is 7.49. The zero-order valence-electron chi connectivity index (χ0n) is 22.6. The fourth-order valence-electron chi connectivity index (χ4n) is 4.84. The zero-order chi connectivity index (χ0) is 26.9. The molecule has 1 fully saturated rings. The first kappa shape index (κ1) is 27.3. The Kier molecular flexibility index (Phi) is 8.08. The summed E-state index contributed by atoms with van der Waals surface area (Å²) in [5.74, 6) is 2.55. The van der Waals surface area contributed by atoms with Crippen LogP contribution >= 0.6 is 11.6 Å². The highest BCUT2D eigenvalue weighted by molar-refractivity contribution is 6.33. The molecule has 9 nitrogen and oxygen atoms in total.